The van der Waals surface area contributed by atoms with Crippen LogP contribution in [0.25, 0.3) is 6.08 Å². The molecule has 0 fully saturated rings. The van der Waals surface area contributed by atoms with Gasteiger partial charge < -0.3 is 34.2 Å². The molecule has 0 atom stereocenters. The van der Waals surface area contributed by atoms with Crippen molar-refractivity contribution >= 4 is 100 Å². The van der Waals surface area contributed by atoms with Crippen molar-refractivity contribution in [2.24, 2.45) is 0 Å². The number of esters is 1. The molecule has 10 nitrogen and oxygen atoms in total. The zero-order valence-electron chi connectivity index (χ0n) is 60.3. The fraction of sp³-hybridized carbons (Fsp3) is 0.532. The van der Waals surface area contributed by atoms with Gasteiger partial charge in [0.15, 0.2) is 0 Å². The topological polar surface area (TPSA) is 126 Å². The molecule has 0 spiro atoms. The second-order valence-corrected chi connectivity index (χ2v) is 29.2. The van der Waals surface area contributed by atoms with E-state index in [1.165, 1.54) is 65.4 Å². The highest BCUT2D eigenvalue weighted by Crippen LogP contribution is 2.21. The van der Waals surface area contributed by atoms with Gasteiger partial charge in [-0.25, -0.2) is 9.59 Å². The lowest BCUT2D eigenvalue weighted by molar-refractivity contribution is -0.154. The molecule has 0 aromatic heterocycles. The van der Waals surface area contributed by atoms with Crippen molar-refractivity contribution in [2.75, 3.05) is 27.2 Å². The fourth-order valence-electron chi connectivity index (χ4n) is 8.07. The van der Waals surface area contributed by atoms with E-state index in [-0.39, 0.29) is 36.2 Å². The molecule has 15 heteroatoms. The van der Waals surface area contributed by atoms with Crippen LogP contribution in [-0.4, -0.2) is 93.4 Å². The predicted molar refractivity (Wildman–Crippen MR) is 418 cm³/mol. The van der Waals surface area contributed by atoms with Crippen LogP contribution in [0, 0.1) is 24.2 Å². The molecule has 4 aromatic carbocycles. The van der Waals surface area contributed by atoms with Crippen LogP contribution in [0.15, 0.2) is 146 Å². The van der Waals surface area contributed by atoms with Crippen molar-refractivity contribution in [2.45, 2.75) is 247 Å². The number of halogens is 5. The summed E-state index contributed by atoms with van der Waals surface area (Å²) < 4.78 is 19.8. The number of amides is 2. The van der Waals surface area contributed by atoms with Crippen LogP contribution in [0.4, 0.5) is 9.59 Å². The number of terminal acetylenes is 1. The van der Waals surface area contributed by atoms with Gasteiger partial charge in [-0.05, 0) is 191 Å². The Morgan fingerprint density at radius 2 is 0.936 bits per heavy atom. The number of benzene rings is 4. The van der Waals surface area contributed by atoms with Crippen molar-refractivity contribution in [3.63, 3.8) is 0 Å². The summed E-state index contributed by atoms with van der Waals surface area (Å²) in [6.45, 7) is 37.4. The monoisotopic (exact) mass is 1570 g/mol. The summed E-state index contributed by atoms with van der Waals surface area (Å²) in [6.07, 6.45) is 29.8. The number of likely N-dealkylation sites (N-methyl/N-ethyl adjacent to an activating group) is 2. The summed E-state index contributed by atoms with van der Waals surface area (Å²) in [5, 5.41) is 20.1. The summed E-state index contributed by atoms with van der Waals surface area (Å²) in [5.74, 6) is 8.58. The van der Waals surface area contributed by atoms with Gasteiger partial charge in [0.2, 0.25) is 0 Å². The molecular weight excluding hydrogens is 1460 g/mol. The van der Waals surface area contributed by atoms with Gasteiger partial charge in [0.1, 0.15) is 28.0 Å². The summed E-state index contributed by atoms with van der Waals surface area (Å²) in [5.41, 5.74) is 2.01. The number of nitrogens with zero attached hydrogens (tertiary/aromatic N) is 2. The molecule has 0 saturated carbocycles. The van der Waals surface area contributed by atoms with Gasteiger partial charge in [-0.2, -0.15) is 0 Å². The van der Waals surface area contributed by atoms with Crippen molar-refractivity contribution in [3.8, 4) is 24.2 Å². The van der Waals surface area contributed by atoms with Crippen molar-refractivity contribution in [3.05, 3.63) is 169 Å². The number of carbonyl (C=O) groups is 3. The van der Waals surface area contributed by atoms with Crippen LogP contribution in [0.1, 0.15) is 229 Å². The van der Waals surface area contributed by atoms with Gasteiger partial charge in [0.25, 0.3) is 0 Å². The smallest absolute Gasteiger partial charge is 0.410 e. The molecule has 0 aliphatic heterocycles. The molecule has 0 unspecified atom stereocenters. The Labute approximate surface area is 611 Å². The predicted octanol–water partition coefficient (Wildman–Crippen LogP) is 23.5. The molecule has 0 saturated heterocycles. The van der Waals surface area contributed by atoms with E-state index < -0.39 is 22.4 Å². The van der Waals surface area contributed by atoms with Crippen LogP contribution in [0.2, 0.25) is 0 Å². The number of hydrogen-bond acceptors (Lipinski definition) is 8. The lowest BCUT2D eigenvalue weighted by Crippen LogP contribution is -2.34. The lowest BCUT2D eigenvalue weighted by Gasteiger charge is -2.23. The maximum Gasteiger partial charge on any atom is 0.410 e. The van der Waals surface area contributed by atoms with Gasteiger partial charge in [-0.3, -0.25) is 4.79 Å². The van der Waals surface area contributed by atoms with E-state index in [2.05, 4.69) is 165 Å². The quantitative estimate of drug-likeness (QED) is 0.0234. The number of allylic oxidation sites excluding steroid dienone is 1. The Morgan fingerprint density at radius 1 is 0.532 bits per heavy atom. The summed E-state index contributed by atoms with van der Waals surface area (Å²) in [6, 6.07) is 33.0. The fourth-order valence-corrected chi connectivity index (χ4v) is 10.0. The molecular formula is C79H119Br4ClN2O8. The average Bonchev–Trinajstić information content (AvgIpc) is 1.17. The summed E-state index contributed by atoms with van der Waals surface area (Å²) in [7, 11) is 3.40. The molecule has 94 heavy (non-hydrogen) atoms. The van der Waals surface area contributed by atoms with Gasteiger partial charge in [-0.15, -0.1) is 32.0 Å². The molecule has 2 amide bonds. The molecule has 0 bridgehead atoms. The number of aryl methyl sites for hydroxylation is 2. The van der Waals surface area contributed by atoms with E-state index in [0.717, 1.165) is 82.3 Å². The van der Waals surface area contributed by atoms with Crippen LogP contribution in [-0.2, 0) is 31.8 Å². The molecule has 0 heterocycles. The van der Waals surface area contributed by atoms with E-state index in [1.807, 2.05) is 143 Å². The molecule has 528 valence electrons. The number of hydrogen-bond donors (Lipinski definition) is 2. The van der Waals surface area contributed by atoms with Gasteiger partial charge in [0, 0.05) is 57.1 Å². The zero-order valence-corrected chi connectivity index (χ0v) is 67.5. The van der Waals surface area contributed by atoms with Gasteiger partial charge in [0.05, 0.1) is 0 Å². The number of carbonyl (C=O) groups excluding carboxylic acids is 3. The standard InChI is InChI=1S/C20H30O.C15H20BrNO2.C11H15Br.C9H17NO2.C9H16O2.C9H16O.C6H4Br2.ClH/c1-4-7-8-10-18-11-9-12-19(17-18)13-16-20(21,14-5-2)15-6-3;1-15(2,3)19-14(18)17(4)10-6-8-12-7-5-9-13(16)11-12;1-2-3-4-6-10-7-5-8-11(12)9-10;1-6-7-10(5)8(11)12-9(2,3)4;1-5-6-7-8(10)11-9(2,3)4;1-4-7-9(10,6-3)8-5-2;7-5-2-1-3-6(8)4-5;/h9,11-12,17,21H,4-8,10,14-15H2,1-3H3;5-9,11H,10H2,1-4H3;5,7-9H,2-4,6H2,1H3;6H,1,7H2,2-5H3;5H,1,6-7H2,2-4H3;3,10H,4-5,7-8H2,1-2H3;1-4H;1H/b;8-6+;;;;;;. The number of unbranched alkanes of at least 4 members (excludes halogenated alkanes) is 4. The first-order valence-electron chi connectivity index (χ1n) is 33.0. The van der Waals surface area contributed by atoms with E-state index in [4.69, 9.17) is 20.6 Å². The van der Waals surface area contributed by atoms with E-state index in [9.17, 15) is 24.6 Å². The third-order valence-electron chi connectivity index (χ3n) is 12.4. The molecule has 2 N–H and O–H groups in total. The third-order valence-corrected chi connectivity index (χ3v) is 14.4. The van der Waals surface area contributed by atoms with Gasteiger partial charge in [-0.1, -0.05) is 241 Å². The van der Waals surface area contributed by atoms with Crippen LogP contribution in [0.3, 0.4) is 0 Å². The van der Waals surface area contributed by atoms with Crippen molar-refractivity contribution in [1.82, 2.24) is 9.80 Å². The first-order chi connectivity index (χ1) is 43.5. The minimum Gasteiger partial charge on any atom is -0.460 e. The maximum absolute atomic E-state index is 11.7. The zero-order chi connectivity index (χ0) is 71.5. The molecule has 0 aliphatic carbocycles. The summed E-state index contributed by atoms with van der Waals surface area (Å²) in [4.78, 5) is 36.9. The molecule has 0 radical (unpaired) electrons. The Balaban J connectivity index is -0.000000514. The average molecular weight is 1580 g/mol. The SMILES string of the molecule is Brc1cccc(Br)c1.C#CC(O)(CCC)CCC.C=CCCC(=O)OC(C)(C)C.C=CCN(C)C(=O)OC(C)(C)C.CCCCCc1cccc(Br)c1.CCCCCc1cccc(C#CC(O)(CCC)CCC)c1.CN(C/C=C/c1cccc(Br)c1)C(=O)OC(C)(C)C.Cl. The number of ether oxygens (including phenoxy) is 3. The second kappa shape index (κ2) is 55.4. The Morgan fingerprint density at radius 3 is 1.32 bits per heavy atom. The number of aliphatic hydroxyl groups is 2. The first-order valence-corrected chi connectivity index (χ1v) is 36.1. The molecule has 0 aliphatic rings. The second-order valence-electron chi connectivity index (χ2n) is 25.5. The van der Waals surface area contributed by atoms with E-state index in [1.54, 1.807) is 31.1 Å². The highest BCUT2D eigenvalue weighted by atomic mass is 79.9. The van der Waals surface area contributed by atoms with Crippen molar-refractivity contribution < 1.29 is 38.8 Å². The van der Waals surface area contributed by atoms with E-state index in [0.29, 0.717) is 25.9 Å². The third kappa shape index (κ3) is 57.6. The van der Waals surface area contributed by atoms with Crippen LogP contribution in [0.5, 0.6) is 0 Å². The Kier molecular flexibility index (Phi) is 56.4. The highest BCUT2D eigenvalue weighted by molar-refractivity contribution is 9.11. The molecule has 4 aromatic rings. The Bertz CT molecular complexity index is 2790. The van der Waals surface area contributed by atoms with Crippen molar-refractivity contribution in [1.29, 1.82) is 0 Å². The van der Waals surface area contributed by atoms with E-state index >= 15 is 0 Å². The largest absolute Gasteiger partial charge is 0.460 e. The first kappa shape index (κ1) is 95.8. The highest BCUT2D eigenvalue weighted by Gasteiger charge is 2.23. The molecule has 4 rings (SSSR count). The minimum absolute atomic E-state index is 0. The van der Waals surface area contributed by atoms with Crippen LogP contribution >= 0.6 is 76.1 Å². The minimum atomic E-state index is -0.830. The van der Waals surface area contributed by atoms with Crippen LogP contribution < -0.4 is 0 Å². The van der Waals surface area contributed by atoms with Gasteiger partial charge >= 0.3 is 18.2 Å². The summed E-state index contributed by atoms with van der Waals surface area (Å²) >= 11 is 13.6. The lowest BCUT2D eigenvalue weighted by atomic mass is 9.93. The normalized spacial score (nSPS) is 10.7. The Hall–Kier alpha value is -4.64. The maximum atomic E-state index is 11.7. The number of rotatable bonds is 24.